The number of rotatable bonds is 7. The second kappa shape index (κ2) is 8.99. The highest BCUT2D eigenvalue weighted by Gasteiger charge is 2.23. The highest BCUT2D eigenvalue weighted by Crippen LogP contribution is 2.21. The van der Waals surface area contributed by atoms with Crippen LogP contribution in [0.15, 0.2) is 52.2 Å². The van der Waals surface area contributed by atoms with E-state index in [1.165, 1.54) is 0 Å². The Morgan fingerprint density at radius 2 is 2.00 bits per heavy atom. The molecule has 3 N–H and O–H groups in total. The summed E-state index contributed by atoms with van der Waals surface area (Å²) in [6, 6.07) is 12.0. The molecule has 7 nitrogen and oxygen atoms in total. The predicted octanol–water partition coefficient (Wildman–Crippen LogP) is 2.33. The maximum absolute atomic E-state index is 10.8. The van der Waals surface area contributed by atoms with Crippen molar-refractivity contribution in [3.8, 4) is 0 Å². The summed E-state index contributed by atoms with van der Waals surface area (Å²) in [7, 11) is 1.93. The van der Waals surface area contributed by atoms with Crippen molar-refractivity contribution in [3.05, 3.63) is 69.9 Å². The average Bonchev–Trinajstić information content (AvgIpc) is 3.34. The van der Waals surface area contributed by atoms with Crippen molar-refractivity contribution < 1.29 is 5.11 Å². The number of aliphatic imine (C=N–C) groups is 1. The number of guanidine groups is 1. The third-order valence-electron chi connectivity index (χ3n) is 4.60. The number of thiophene rings is 1. The van der Waals surface area contributed by atoms with Crippen LogP contribution in [0, 0.1) is 6.92 Å². The molecule has 1 aromatic carbocycles. The van der Waals surface area contributed by atoms with E-state index in [0.717, 1.165) is 22.8 Å². The molecule has 0 spiro atoms. The molecule has 148 valence electrons. The van der Waals surface area contributed by atoms with Crippen molar-refractivity contribution in [3.63, 3.8) is 0 Å². The zero-order valence-corrected chi connectivity index (χ0v) is 17.2. The second-order valence-corrected chi connectivity index (χ2v) is 7.65. The molecule has 0 saturated carbocycles. The molecular weight excluding hydrogens is 372 g/mol. The number of nitrogens with one attached hydrogen (secondary N) is 2. The van der Waals surface area contributed by atoms with Gasteiger partial charge in [-0.05, 0) is 41.8 Å². The number of hydrogen-bond acceptors (Lipinski definition) is 5. The van der Waals surface area contributed by atoms with Gasteiger partial charge in [0.1, 0.15) is 11.4 Å². The van der Waals surface area contributed by atoms with Gasteiger partial charge >= 0.3 is 0 Å². The summed E-state index contributed by atoms with van der Waals surface area (Å²) in [6.07, 6.45) is 0. The van der Waals surface area contributed by atoms with E-state index in [9.17, 15) is 5.11 Å². The third kappa shape index (κ3) is 5.17. The number of aliphatic hydroxyl groups is 1. The average molecular weight is 399 g/mol. The van der Waals surface area contributed by atoms with Crippen molar-refractivity contribution >= 4 is 17.3 Å². The minimum Gasteiger partial charge on any atom is -0.384 e. The van der Waals surface area contributed by atoms with E-state index in [0.29, 0.717) is 25.6 Å². The van der Waals surface area contributed by atoms with Crippen LogP contribution in [0.1, 0.15) is 29.7 Å². The first-order valence-electron chi connectivity index (χ1n) is 9.12. The molecule has 8 heteroatoms. The van der Waals surface area contributed by atoms with Gasteiger partial charge in [0.15, 0.2) is 11.8 Å². The van der Waals surface area contributed by atoms with Crippen LogP contribution in [0.3, 0.4) is 0 Å². The summed E-state index contributed by atoms with van der Waals surface area (Å²) in [6.45, 7) is 5.06. The molecule has 0 amide bonds. The smallest absolute Gasteiger partial charge is 0.192 e. The van der Waals surface area contributed by atoms with Gasteiger partial charge in [-0.3, -0.25) is 0 Å². The van der Waals surface area contributed by atoms with Crippen LogP contribution >= 0.6 is 11.3 Å². The SMILES string of the molecule is Cc1nnc(CNC(=NCc2ccccc2)NCC(C)(O)c2ccsc2)n1C. The maximum atomic E-state index is 10.8. The van der Waals surface area contributed by atoms with Crippen LogP contribution < -0.4 is 10.6 Å². The number of hydrogen-bond donors (Lipinski definition) is 3. The lowest BCUT2D eigenvalue weighted by Gasteiger charge is -2.24. The Bertz CT molecular complexity index is 902. The Hall–Kier alpha value is -2.71. The summed E-state index contributed by atoms with van der Waals surface area (Å²) in [4.78, 5) is 4.66. The molecule has 0 radical (unpaired) electrons. The van der Waals surface area contributed by atoms with E-state index in [2.05, 4.69) is 25.8 Å². The molecule has 3 rings (SSSR count). The van der Waals surface area contributed by atoms with Crippen LogP contribution in [0.2, 0.25) is 0 Å². The van der Waals surface area contributed by atoms with Crippen molar-refractivity contribution in [1.82, 2.24) is 25.4 Å². The van der Waals surface area contributed by atoms with Crippen LogP contribution in [0.25, 0.3) is 0 Å². The van der Waals surface area contributed by atoms with E-state index in [1.807, 2.05) is 65.7 Å². The zero-order chi connectivity index (χ0) is 20.0. The molecule has 0 bridgehead atoms. The van der Waals surface area contributed by atoms with Gasteiger partial charge in [0, 0.05) is 7.05 Å². The zero-order valence-electron chi connectivity index (χ0n) is 16.4. The predicted molar refractivity (Wildman–Crippen MR) is 112 cm³/mol. The Kier molecular flexibility index (Phi) is 6.43. The lowest BCUT2D eigenvalue weighted by Crippen LogP contribution is -2.44. The molecule has 2 heterocycles. The number of aryl methyl sites for hydroxylation is 1. The first-order valence-corrected chi connectivity index (χ1v) is 10.1. The monoisotopic (exact) mass is 398 g/mol. The molecule has 0 aliphatic rings. The second-order valence-electron chi connectivity index (χ2n) is 6.87. The van der Waals surface area contributed by atoms with E-state index < -0.39 is 5.60 Å². The number of nitrogens with zero attached hydrogens (tertiary/aromatic N) is 4. The van der Waals surface area contributed by atoms with Crippen molar-refractivity contribution in [2.24, 2.45) is 12.0 Å². The van der Waals surface area contributed by atoms with Gasteiger partial charge in [-0.2, -0.15) is 11.3 Å². The van der Waals surface area contributed by atoms with Gasteiger partial charge in [0.05, 0.1) is 19.6 Å². The fraction of sp³-hybridized carbons (Fsp3) is 0.350. The first kappa shape index (κ1) is 20.0. The Balaban J connectivity index is 1.69. The summed E-state index contributed by atoms with van der Waals surface area (Å²) >= 11 is 1.57. The van der Waals surface area contributed by atoms with Gasteiger partial charge in [-0.15, -0.1) is 10.2 Å². The van der Waals surface area contributed by atoms with Gasteiger partial charge in [-0.25, -0.2) is 4.99 Å². The van der Waals surface area contributed by atoms with Crippen LogP contribution in [0.4, 0.5) is 0 Å². The quantitative estimate of drug-likeness (QED) is 0.420. The molecule has 0 saturated heterocycles. The van der Waals surface area contributed by atoms with Gasteiger partial charge in [0.25, 0.3) is 0 Å². The number of benzene rings is 1. The fourth-order valence-electron chi connectivity index (χ4n) is 2.62. The van der Waals surface area contributed by atoms with E-state index >= 15 is 0 Å². The minimum absolute atomic E-state index is 0.336. The van der Waals surface area contributed by atoms with Crippen molar-refractivity contribution in [2.45, 2.75) is 32.5 Å². The van der Waals surface area contributed by atoms with E-state index in [4.69, 9.17) is 0 Å². The van der Waals surface area contributed by atoms with Crippen LogP contribution in [0.5, 0.6) is 0 Å². The van der Waals surface area contributed by atoms with Gasteiger partial charge in [-0.1, -0.05) is 30.3 Å². The molecule has 3 aromatic rings. The van der Waals surface area contributed by atoms with Gasteiger partial charge in [0.2, 0.25) is 0 Å². The van der Waals surface area contributed by atoms with Crippen LogP contribution in [-0.2, 0) is 25.7 Å². The molecule has 28 heavy (non-hydrogen) atoms. The Morgan fingerprint density at radius 1 is 1.21 bits per heavy atom. The normalized spacial score (nSPS) is 13.9. The van der Waals surface area contributed by atoms with Crippen LogP contribution in [-0.4, -0.2) is 32.4 Å². The highest BCUT2D eigenvalue weighted by atomic mass is 32.1. The summed E-state index contributed by atoms with van der Waals surface area (Å²) in [5, 5.41) is 29.5. The molecule has 1 unspecified atom stereocenters. The molecular formula is C20H26N6OS. The van der Waals surface area contributed by atoms with Crippen molar-refractivity contribution in [2.75, 3.05) is 6.54 Å². The fourth-order valence-corrected chi connectivity index (χ4v) is 3.41. The largest absolute Gasteiger partial charge is 0.384 e. The lowest BCUT2D eigenvalue weighted by atomic mass is 9.99. The summed E-state index contributed by atoms with van der Waals surface area (Å²) in [5.74, 6) is 2.28. The van der Waals surface area contributed by atoms with Gasteiger partial charge < -0.3 is 20.3 Å². The third-order valence-corrected chi connectivity index (χ3v) is 5.29. The Labute approximate surface area is 169 Å². The summed E-state index contributed by atoms with van der Waals surface area (Å²) in [5.41, 5.74) is 1.01. The lowest BCUT2D eigenvalue weighted by molar-refractivity contribution is 0.0621. The molecule has 2 aromatic heterocycles. The Morgan fingerprint density at radius 3 is 2.64 bits per heavy atom. The molecule has 0 aliphatic heterocycles. The molecule has 0 aliphatic carbocycles. The topological polar surface area (TPSA) is 87.4 Å². The van der Waals surface area contributed by atoms with E-state index in [-0.39, 0.29) is 0 Å². The number of aromatic nitrogens is 3. The summed E-state index contributed by atoms with van der Waals surface area (Å²) < 4.78 is 1.93. The first-order chi connectivity index (χ1) is 13.5. The van der Waals surface area contributed by atoms with Crippen molar-refractivity contribution in [1.29, 1.82) is 0 Å². The standard InChI is InChI=1S/C20H26N6OS/c1-15-24-25-18(26(15)3)12-22-19(21-11-16-7-5-4-6-8-16)23-14-20(2,27)17-9-10-28-13-17/h4-10,13,27H,11-12,14H2,1-3H3,(H2,21,22,23). The minimum atomic E-state index is -0.990. The molecule has 0 fully saturated rings. The maximum Gasteiger partial charge on any atom is 0.192 e. The van der Waals surface area contributed by atoms with E-state index in [1.54, 1.807) is 18.3 Å². The highest BCUT2D eigenvalue weighted by molar-refractivity contribution is 7.08. The molecule has 1 atom stereocenters.